The van der Waals surface area contributed by atoms with Crippen molar-refractivity contribution in [2.45, 2.75) is 64.1 Å². The van der Waals surface area contributed by atoms with Gasteiger partial charge in [0.25, 0.3) is 5.91 Å². The van der Waals surface area contributed by atoms with E-state index in [2.05, 4.69) is 17.1 Å². The summed E-state index contributed by atoms with van der Waals surface area (Å²) >= 11 is 0. The zero-order valence-electron chi connectivity index (χ0n) is 14.8. The first-order chi connectivity index (χ1) is 11.7. The standard InChI is InChI=1S/C20H31N3O/c1-15-10-12-23(13-11-15)19-8-6-18(7-9-19)22-20(24)17-4-2-16(14-21)3-5-17/h2-5,15,18-19H,6-14,21H2,1H3,(H,22,24). The molecule has 0 bridgehead atoms. The van der Waals surface area contributed by atoms with Crippen LogP contribution in [0.5, 0.6) is 0 Å². The molecule has 0 atom stereocenters. The largest absolute Gasteiger partial charge is 0.349 e. The van der Waals surface area contributed by atoms with Crippen molar-refractivity contribution >= 4 is 5.91 Å². The summed E-state index contributed by atoms with van der Waals surface area (Å²) in [6.07, 6.45) is 7.31. The van der Waals surface area contributed by atoms with E-state index in [-0.39, 0.29) is 5.91 Å². The fraction of sp³-hybridized carbons (Fsp3) is 0.650. The third-order valence-electron chi connectivity index (χ3n) is 5.82. The third-order valence-corrected chi connectivity index (χ3v) is 5.82. The summed E-state index contributed by atoms with van der Waals surface area (Å²) in [7, 11) is 0. The van der Waals surface area contributed by atoms with E-state index in [9.17, 15) is 4.79 Å². The number of hydrogen-bond donors (Lipinski definition) is 2. The lowest BCUT2D eigenvalue weighted by Gasteiger charge is -2.40. The molecule has 4 nitrogen and oxygen atoms in total. The highest BCUT2D eigenvalue weighted by Crippen LogP contribution is 2.27. The number of nitrogens with zero attached hydrogens (tertiary/aromatic N) is 1. The van der Waals surface area contributed by atoms with Gasteiger partial charge in [-0.3, -0.25) is 4.79 Å². The van der Waals surface area contributed by atoms with E-state index in [4.69, 9.17) is 5.73 Å². The van der Waals surface area contributed by atoms with E-state index in [0.717, 1.165) is 35.9 Å². The van der Waals surface area contributed by atoms with Crippen LogP contribution in [0.15, 0.2) is 24.3 Å². The van der Waals surface area contributed by atoms with Crippen molar-refractivity contribution in [2.75, 3.05) is 13.1 Å². The van der Waals surface area contributed by atoms with E-state index in [1.54, 1.807) is 0 Å². The highest BCUT2D eigenvalue weighted by molar-refractivity contribution is 5.94. The smallest absolute Gasteiger partial charge is 0.251 e. The number of benzene rings is 1. The topological polar surface area (TPSA) is 58.4 Å². The minimum Gasteiger partial charge on any atom is -0.349 e. The second-order valence-corrected chi connectivity index (χ2v) is 7.60. The van der Waals surface area contributed by atoms with Crippen LogP contribution in [0, 0.1) is 5.92 Å². The zero-order chi connectivity index (χ0) is 16.9. The Morgan fingerprint density at radius 1 is 1.08 bits per heavy atom. The molecule has 132 valence electrons. The summed E-state index contributed by atoms with van der Waals surface area (Å²) < 4.78 is 0. The molecule has 0 aromatic heterocycles. The first-order valence-corrected chi connectivity index (χ1v) is 9.49. The Hall–Kier alpha value is -1.39. The van der Waals surface area contributed by atoms with Crippen LogP contribution in [0.3, 0.4) is 0 Å². The molecule has 1 aliphatic carbocycles. The molecule has 2 aliphatic rings. The van der Waals surface area contributed by atoms with Crippen LogP contribution < -0.4 is 11.1 Å². The molecule has 1 aromatic carbocycles. The summed E-state index contributed by atoms with van der Waals surface area (Å²) in [5.74, 6) is 0.941. The minimum absolute atomic E-state index is 0.0498. The van der Waals surface area contributed by atoms with Crippen molar-refractivity contribution in [3.05, 3.63) is 35.4 Å². The number of likely N-dealkylation sites (tertiary alicyclic amines) is 1. The molecule has 0 spiro atoms. The molecule has 24 heavy (non-hydrogen) atoms. The van der Waals surface area contributed by atoms with Gasteiger partial charge in [-0.25, -0.2) is 0 Å². The molecular weight excluding hydrogens is 298 g/mol. The van der Waals surface area contributed by atoms with Gasteiger partial charge in [0.15, 0.2) is 0 Å². The van der Waals surface area contributed by atoms with E-state index in [1.165, 1.54) is 38.8 Å². The molecule has 0 unspecified atom stereocenters. The van der Waals surface area contributed by atoms with Gasteiger partial charge in [-0.15, -0.1) is 0 Å². The average Bonchev–Trinajstić information content (AvgIpc) is 2.63. The van der Waals surface area contributed by atoms with E-state index in [1.807, 2.05) is 24.3 Å². The summed E-state index contributed by atoms with van der Waals surface area (Å²) in [5, 5.41) is 3.21. The van der Waals surface area contributed by atoms with Crippen molar-refractivity contribution in [3.63, 3.8) is 0 Å². The highest BCUT2D eigenvalue weighted by atomic mass is 16.1. The predicted molar refractivity (Wildman–Crippen MR) is 97.8 cm³/mol. The lowest BCUT2D eigenvalue weighted by Crippen LogP contribution is -2.46. The van der Waals surface area contributed by atoms with Gasteiger partial charge >= 0.3 is 0 Å². The number of amides is 1. The molecule has 4 heteroatoms. The average molecular weight is 329 g/mol. The van der Waals surface area contributed by atoms with Crippen molar-refractivity contribution in [3.8, 4) is 0 Å². The van der Waals surface area contributed by atoms with Gasteiger partial charge in [0, 0.05) is 24.2 Å². The molecule has 1 saturated heterocycles. The molecule has 1 amide bonds. The van der Waals surface area contributed by atoms with E-state index in [0.29, 0.717) is 12.6 Å². The van der Waals surface area contributed by atoms with Gasteiger partial charge in [0.1, 0.15) is 0 Å². The van der Waals surface area contributed by atoms with Crippen LogP contribution in [-0.4, -0.2) is 36.0 Å². The van der Waals surface area contributed by atoms with Gasteiger partial charge in [0.2, 0.25) is 0 Å². The Morgan fingerprint density at radius 2 is 1.71 bits per heavy atom. The maximum absolute atomic E-state index is 12.4. The van der Waals surface area contributed by atoms with Gasteiger partial charge in [0.05, 0.1) is 0 Å². The Morgan fingerprint density at radius 3 is 2.29 bits per heavy atom. The Kier molecular flexibility index (Phi) is 5.90. The number of nitrogens with one attached hydrogen (secondary N) is 1. The molecule has 1 saturated carbocycles. The molecule has 3 N–H and O–H groups in total. The number of nitrogens with two attached hydrogens (primary N) is 1. The predicted octanol–water partition coefficient (Wildman–Crippen LogP) is 2.92. The Labute approximate surface area is 145 Å². The monoisotopic (exact) mass is 329 g/mol. The third kappa shape index (κ3) is 4.37. The molecule has 1 heterocycles. The van der Waals surface area contributed by atoms with Crippen molar-refractivity contribution in [1.82, 2.24) is 10.2 Å². The van der Waals surface area contributed by atoms with Crippen LogP contribution in [-0.2, 0) is 6.54 Å². The Bertz CT molecular complexity index is 526. The normalized spacial score (nSPS) is 26.2. The van der Waals surface area contributed by atoms with Crippen LogP contribution >= 0.6 is 0 Å². The van der Waals surface area contributed by atoms with Crippen molar-refractivity contribution < 1.29 is 4.79 Å². The number of hydrogen-bond acceptors (Lipinski definition) is 3. The van der Waals surface area contributed by atoms with Crippen LogP contribution in [0.2, 0.25) is 0 Å². The molecule has 1 aliphatic heterocycles. The van der Waals surface area contributed by atoms with Crippen LogP contribution in [0.4, 0.5) is 0 Å². The molecule has 2 fully saturated rings. The molecular formula is C20H31N3O. The fourth-order valence-electron chi connectivity index (χ4n) is 4.04. The van der Waals surface area contributed by atoms with Gasteiger partial charge in [-0.05, 0) is 75.2 Å². The van der Waals surface area contributed by atoms with Crippen molar-refractivity contribution in [2.24, 2.45) is 11.7 Å². The van der Waals surface area contributed by atoms with E-state index >= 15 is 0 Å². The first-order valence-electron chi connectivity index (χ1n) is 9.49. The Balaban J connectivity index is 1.45. The first kappa shape index (κ1) is 17.4. The summed E-state index contributed by atoms with van der Waals surface area (Å²) in [5.41, 5.74) is 7.40. The SMILES string of the molecule is CC1CCN(C2CCC(NC(=O)c3ccc(CN)cc3)CC2)CC1. The zero-order valence-corrected chi connectivity index (χ0v) is 14.8. The number of carbonyl (C=O) groups excluding carboxylic acids is 1. The molecule has 1 aromatic rings. The summed E-state index contributed by atoms with van der Waals surface area (Å²) in [6.45, 7) is 5.40. The lowest BCUT2D eigenvalue weighted by molar-refractivity contribution is 0.0860. The fourth-order valence-corrected chi connectivity index (χ4v) is 4.04. The maximum Gasteiger partial charge on any atom is 0.251 e. The van der Waals surface area contributed by atoms with Gasteiger partial charge in [-0.1, -0.05) is 19.1 Å². The quantitative estimate of drug-likeness (QED) is 0.893. The number of carbonyl (C=O) groups is 1. The number of rotatable bonds is 4. The van der Waals surface area contributed by atoms with E-state index < -0.39 is 0 Å². The van der Waals surface area contributed by atoms with Gasteiger partial charge in [-0.2, -0.15) is 0 Å². The van der Waals surface area contributed by atoms with Gasteiger partial charge < -0.3 is 16.0 Å². The lowest BCUT2D eigenvalue weighted by atomic mass is 9.88. The molecule has 0 radical (unpaired) electrons. The van der Waals surface area contributed by atoms with Crippen LogP contribution in [0.25, 0.3) is 0 Å². The number of piperidine rings is 1. The van der Waals surface area contributed by atoms with Crippen molar-refractivity contribution in [1.29, 1.82) is 0 Å². The second kappa shape index (κ2) is 8.13. The highest BCUT2D eigenvalue weighted by Gasteiger charge is 2.28. The maximum atomic E-state index is 12.4. The summed E-state index contributed by atoms with van der Waals surface area (Å²) in [6, 6.07) is 8.67. The molecule has 3 rings (SSSR count). The second-order valence-electron chi connectivity index (χ2n) is 7.60. The minimum atomic E-state index is 0.0498. The van der Waals surface area contributed by atoms with Crippen LogP contribution in [0.1, 0.15) is 61.4 Å². The summed E-state index contributed by atoms with van der Waals surface area (Å²) in [4.78, 5) is 15.1.